The van der Waals surface area contributed by atoms with E-state index in [0.29, 0.717) is 24.4 Å². The van der Waals surface area contributed by atoms with Gasteiger partial charge in [0.25, 0.3) is 0 Å². The van der Waals surface area contributed by atoms with Crippen LogP contribution < -0.4 is 5.73 Å². The molecule has 2 rings (SSSR count). The van der Waals surface area contributed by atoms with Crippen LogP contribution in [0.1, 0.15) is 36.8 Å². The standard InChI is InChI=1S/C15H21N3O2/c1-18(14(19)9-11-4-2-5-11)10-12-6-3-7-13(8-12)15(16)17-20/h3,6-8,11,20H,2,4-5,9-10H2,1H3,(H2,16,17). The fourth-order valence-corrected chi connectivity index (χ4v) is 2.35. The summed E-state index contributed by atoms with van der Waals surface area (Å²) < 4.78 is 0. The summed E-state index contributed by atoms with van der Waals surface area (Å²) in [4.78, 5) is 13.8. The van der Waals surface area contributed by atoms with E-state index in [-0.39, 0.29) is 11.7 Å². The first kappa shape index (κ1) is 14.4. The smallest absolute Gasteiger partial charge is 0.222 e. The summed E-state index contributed by atoms with van der Waals surface area (Å²) in [6, 6.07) is 7.38. The second-order valence-corrected chi connectivity index (χ2v) is 5.44. The van der Waals surface area contributed by atoms with Gasteiger partial charge in [0.05, 0.1) is 0 Å². The van der Waals surface area contributed by atoms with Crippen molar-refractivity contribution in [2.75, 3.05) is 7.05 Å². The molecule has 1 aliphatic rings. The van der Waals surface area contributed by atoms with Crippen molar-refractivity contribution in [3.8, 4) is 0 Å². The number of amidine groups is 1. The van der Waals surface area contributed by atoms with Crippen LogP contribution in [0.4, 0.5) is 0 Å². The number of nitrogens with zero attached hydrogens (tertiary/aromatic N) is 2. The Kier molecular flexibility index (Phi) is 4.61. The van der Waals surface area contributed by atoms with E-state index in [9.17, 15) is 4.79 Å². The third kappa shape index (κ3) is 3.50. The van der Waals surface area contributed by atoms with Crippen molar-refractivity contribution in [1.82, 2.24) is 4.90 Å². The fourth-order valence-electron chi connectivity index (χ4n) is 2.35. The molecule has 1 saturated carbocycles. The monoisotopic (exact) mass is 275 g/mol. The molecule has 0 unspecified atom stereocenters. The molecule has 0 heterocycles. The highest BCUT2D eigenvalue weighted by Gasteiger charge is 2.22. The Morgan fingerprint density at radius 2 is 2.25 bits per heavy atom. The lowest BCUT2D eigenvalue weighted by Gasteiger charge is -2.27. The van der Waals surface area contributed by atoms with Crippen LogP contribution in [0.25, 0.3) is 0 Å². The third-order valence-electron chi connectivity index (χ3n) is 3.86. The largest absolute Gasteiger partial charge is 0.409 e. The van der Waals surface area contributed by atoms with Crippen molar-refractivity contribution >= 4 is 11.7 Å². The molecule has 0 aliphatic heterocycles. The third-order valence-corrected chi connectivity index (χ3v) is 3.86. The lowest BCUT2D eigenvalue weighted by atomic mass is 9.83. The number of amides is 1. The lowest BCUT2D eigenvalue weighted by molar-refractivity contribution is -0.132. The van der Waals surface area contributed by atoms with Gasteiger partial charge in [0.2, 0.25) is 5.91 Å². The van der Waals surface area contributed by atoms with Gasteiger partial charge in [-0.25, -0.2) is 0 Å². The topological polar surface area (TPSA) is 78.9 Å². The van der Waals surface area contributed by atoms with Gasteiger partial charge in [-0.15, -0.1) is 0 Å². The number of nitrogens with two attached hydrogens (primary N) is 1. The summed E-state index contributed by atoms with van der Waals surface area (Å²) in [7, 11) is 1.82. The van der Waals surface area contributed by atoms with E-state index in [1.165, 1.54) is 19.3 Å². The Hall–Kier alpha value is -2.04. The van der Waals surface area contributed by atoms with Crippen LogP contribution in [0.15, 0.2) is 29.4 Å². The van der Waals surface area contributed by atoms with Crippen LogP contribution in [-0.2, 0) is 11.3 Å². The molecular weight excluding hydrogens is 254 g/mol. The molecule has 1 aromatic rings. The predicted octanol–water partition coefficient (Wildman–Crippen LogP) is 1.93. The second-order valence-electron chi connectivity index (χ2n) is 5.44. The summed E-state index contributed by atoms with van der Waals surface area (Å²) >= 11 is 0. The molecule has 0 bridgehead atoms. The van der Waals surface area contributed by atoms with Crippen LogP contribution in [-0.4, -0.2) is 28.9 Å². The minimum absolute atomic E-state index is 0.0790. The van der Waals surface area contributed by atoms with Crippen LogP contribution in [0.3, 0.4) is 0 Å². The molecule has 108 valence electrons. The number of oxime groups is 1. The first-order valence-electron chi connectivity index (χ1n) is 6.91. The minimum Gasteiger partial charge on any atom is -0.409 e. The van der Waals surface area contributed by atoms with Crippen molar-refractivity contribution in [2.45, 2.75) is 32.2 Å². The van der Waals surface area contributed by atoms with Gasteiger partial charge in [-0.3, -0.25) is 4.79 Å². The number of hydrogen-bond acceptors (Lipinski definition) is 3. The summed E-state index contributed by atoms with van der Waals surface area (Å²) in [6.07, 6.45) is 4.26. The Labute approximate surface area is 119 Å². The summed E-state index contributed by atoms with van der Waals surface area (Å²) in [5.41, 5.74) is 7.19. The number of carbonyl (C=O) groups is 1. The van der Waals surface area contributed by atoms with Crippen LogP contribution >= 0.6 is 0 Å². The fraction of sp³-hybridized carbons (Fsp3) is 0.467. The molecule has 1 fully saturated rings. The molecular formula is C15H21N3O2. The highest BCUT2D eigenvalue weighted by Crippen LogP contribution is 2.29. The van der Waals surface area contributed by atoms with E-state index in [1.807, 2.05) is 25.2 Å². The molecule has 5 nitrogen and oxygen atoms in total. The van der Waals surface area contributed by atoms with Crippen molar-refractivity contribution in [3.05, 3.63) is 35.4 Å². The van der Waals surface area contributed by atoms with Gasteiger partial charge >= 0.3 is 0 Å². The van der Waals surface area contributed by atoms with Gasteiger partial charge in [0, 0.05) is 25.6 Å². The number of rotatable bonds is 5. The Balaban J connectivity index is 1.96. The maximum Gasteiger partial charge on any atom is 0.222 e. The highest BCUT2D eigenvalue weighted by atomic mass is 16.4. The van der Waals surface area contributed by atoms with Crippen molar-refractivity contribution in [3.63, 3.8) is 0 Å². The zero-order valence-electron chi connectivity index (χ0n) is 11.7. The van der Waals surface area contributed by atoms with Gasteiger partial charge in [-0.1, -0.05) is 29.8 Å². The van der Waals surface area contributed by atoms with Gasteiger partial charge in [0.1, 0.15) is 0 Å². The zero-order chi connectivity index (χ0) is 14.5. The highest BCUT2D eigenvalue weighted by molar-refractivity contribution is 5.97. The van der Waals surface area contributed by atoms with Crippen LogP contribution in [0.5, 0.6) is 0 Å². The van der Waals surface area contributed by atoms with Gasteiger partial charge in [0.15, 0.2) is 5.84 Å². The number of carbonyl (C=O) groups excluding carboxylic acids is 1. The normalized spacial score (nSPS) is 15.8. The molecule has 20 heavy (non-hydrogen) atoms. The quantitative estimate of drug-likeness (QED) is 0.373. The van der Waals surface area contributed by atoms with E-state index in [1.54, 1.807) is 11.0 Å². The Morgan fingerprint density at radius 3 is 2.85 bits per heavy atom. The zero-order valence-corrected chi connectivity index (χ0v) is 11.7. The van der Waals surface area contributed by atoms with E-state index >= 15 is 0 Å². The summed E-state index contributed by atoms with van der Waals surface area (Å²) in [5.74, 6) is 0.840. The van der Waals surface area contributed by atoms with E-state index < -0.39 is 0 Å². The minimum atomic E-state index is 0.0790. The maximum absolute atomic E-state index is 12.1. The summed E-state index contributed by atoms with van der Waals surface area (Å²) in [6.45, 7) is 0.540. The molecule has 0 radical (unpaired) electrons. The molecule has 0 saturated heterocycles. The van der Waals surface area contributed by atoms with Crippen molar-refractivity contribution in [2.24, 2.45) is 16.8 Å². The SMILES string of the molecule is CN(Cc1cccc(/C(N)=N/O)c1)C(=O)CC1CCC1. The van der Waals surface area contributed by atoms with Crippen molar-refractivity contribution in [1.29, 1.82) is 0 Å². The molecule has 1 aliphatic carbocycles. The first-order valence-corrected chi connectivity index (χ1v) is 6.91. The molecule has 3 N–H and O–H groups in total. The Morgan fingerprint density at radius 1 is 1.50 bits per heavy atom. The molecule has 1 amide bonds. The molecule has 0 spiro atoms. The summed E-state index contributed by atoms with van der Waals surface area (Å²) in [5, 5.41) is 11.7. The molecule has 1 aromatic carbocycles. The Bertz CT molecular complexity index is 510. The lowest BCUT2D eigenvalue weighted by Crippen LogP contribution is -2.29. The van der Waals surface area contributed by atoms with Gasteiger partial charge in [-0.05, 0) is 30.4 Å². The number of hydrogen-bond donors (Lipinski definition) is 2. The van der Waals surface area contributed by atoms with Gasteiger partial charge < -0.3 is 15.8 Å². The predicted molar refractivity (Wildman–Crippen MR) is 77.4 cm³/mol. The van der Waals surface area contributed by atoms with Crippen LogP contribution in [0.2, 0.25) is 0 Å². The van der Waals surface area contributed by atoms with Crippen LogP contribution in [0, 0.1) is 5.92 Å². The average Bonchev–Trinajstić information content (AvgIpc) is 2.41. The average molecular weight is 275 g/mol. The maximum atomic E-state index is 12.1. The van der Waals surface area contributed by atoms with Gasteiger partial charge in [-0.2, -0.15) is 0 Å². The first-order chi connectivity index (χ1) is 9.60. The molecule has 5 heteroatoms. The molecule has 0 aromatic heterocycles. The van der Waals surface area contributed by atoms with E-state index in [4.69, 9.17) is 10.9 Å². The molecule has 0 atom stereocenters. The van der Waals surface area contributed by atoms with E-state index in [2.05, 4.69) is 5.16 Å². The second kappa shape index (κ2) is 6.41. The van der Waals surface area contributed by atoms with Crippen molar-refractivity contribution < 1.29 is 10.0 Å². The number of benzene rings is 1. The van der Waals surface area contributed by atoms with E-state index in [0.717, 1.165) is 5.56 Å².